The van der Waals surface area contributed by atoms with E-state index in [1.165, 1.54) is 5.48 Å². The molecule has 0 saturated heterocycles. The highest BCUT2D eigenvalue weighted by Crippen LogP contribution is 2.17. The third-order valence-corrected chi connectivity index (χ3v) is 4.36. The standard InChI is InChI=1S/C22H25N3O4/c1-14(2)11-18(13-20(26)25-29)22(28)24-19(21(23)27)10-8-15-7-9-16-5-3-4-6-17(16)12-15/h3-7,9,12,14,18-19,29H,11,13H2,1-2H3,(H2,23,27)(H,24,28)(H,25,26)/t18?,19-/m0/s1. The number of carbonyl (C=O) groups excluding carboxylic acids is 3. The van der Waals surface area contributed by atoms with Gasteiger partial charge in [-0.1, -0.05) is 56.0 Å². The Morgan fingerprint density at radius 2 is 1.79 bits per heavy atom. The highest BCUT2D eigenvalue weighted by molar-refractivity contribution is 5.92. The van der Waals surface area contributed by atoms with Crippen LogP contribution in [0.5, 0.6) is 0 Å². The molecular weight excluding hydrogens is 370 g/mol. The minimum atomic E-state index is -1.19. The summed E-state index contributed by atoms with van der Waals surface area (Å²) < 4.78 is 0. The first-order valence-electron chi connectivity index (χ1n) is 9.33. The number of carbonyl (C=O) groups is 3. The highest BCUT2D eigenvalue weighted by atomic mass is 16.5. The van der Waals surface area contributed by atoms with Crippen LogP contribution in [0.25, 0.3) is 10.8 Å². The number of primary amides is 1. The van der Waals surface area contributed by atoms with E-state index >= 15 is 0 Å². The predicted molar refractivity (Wildman–Crippen MR) is 109 cm³/mol. The third-order valence-electron chi connectivity index (χ3n) is 4.36. The van der Waals surface area contributed by atoms with Crippen LogP contribution in [0.1, 0.15) is 32.3 Å². The molecule has 7 nitrogen and oxygen atoms in total. The van der Waals surface area contributed by atoms with E-state index in [1.807, 2.05) is 56.3 Å². The summed E-state index contributed by atoms with van der Waals surface area (Å²) in [7, 11) is 0. The lowest BCUT2D eigenvalue weighted by Crippen LogP contribution is -2.46. The molecule has 7 heteroatoms. The van der Waals surface area contributed by atoms with Crippen molar-refractivity contribution in [3.8, 4) is 11.8 Å². The predicted octanol–water partition coefficient (Wildman–Crippen LogP) is 1.72. The summed E-state index contributed by atoms with van der Waals surface area (Å²) >= 11 is 0. The summed E-state index contributed by atoms with van der Waals surface area (Å²) in [4.78, 5) is 35.8. The van der Waals surface area contributed by atoms with Gasteiger partial charge in [-0.2, -0.15) is 0 Å². The van der Waals surface area contributed by atoms with E-state index in [1.54, 1.807) is 0 Å². The number of rotatable bonds is 7. The molecule has 5 N–H and O–H groups in total. The van der Waals surface area contributed by atoms with Crippen molar-refractivity contribution in [2.24, 2.45) is 17.6 Å². The van der Waals surface area contributed by atoms with E-state index in [-0.39, 0.29) is 12.3 Å². The summed E-state index contributed by atoms with van der Waals surface area (Å²) in [6.45, 7) is 3.81. The van der Waals surface area contributed by atoms with Crippen molar-refractivity contribution in [2.75, 3.05) is 0 Å². The Morgan fingerprint density at radius 3 is 2.41 bits per heavy atom. The minimum Gasteiger partial charge on any atom is -0.367 e. The maximum absolute atomic E-state index is 12.6. The van der Waals surface area contributed by atoms with Crippen LogP contribution in [-0.4, -0.2) is 29.0 Å². The topological polar surface area (TPSA) is 122 Å². The Bertz CT molecular complexity index is 959. The van der Waals surface area contributed by atoms with Crippen molar-refractivity contribution in [2.45, 2.75) is 32.7 Å². The highest BCUT2D eigenvalue weighted by Gasteiger charge is 2.26. The van der Waals surface area contributed by atoms with Gasteiger partial charge in [-0.3, -0.25) is 19.6 Å². The third kappa shape index (κ3) is 6.63. The smallest absolute Gasteiger partial charge is 0.252 e. The fourth-order valence-corrected chi connectivity index (χ4v) is 2.98. The molecule has 0 aliphatic carbocycles. The van der Waals surface area contributed by atoms with Gasteiger partial charge in [-0.05, 0) is 35.2 Å². The fraction of sp³-hybridized carbons (Fsp3) is 0.318. The number of fused-ring (bicyclic) bond motifs is 1. The molecular formula is C22H25N3O4. The van der Waals surface area contributed by atoms with Gasteiger partial charge in [-0.25, -0.2) is 5.48 Å². The molecule has 0 heterocycles. The summed E-state index contributed by atoms with van der Waals surface area (Å²) in [6, 6.07) is 12.2. The van der Waals surface area contributed by atoms with E-state index in [0.717, 1.165) is 10.8 Å². The van der Waals surface area contributed by atoms with Crippen molar-refractivity contribution in [3.63, 3.8) is 0 Å². The van der Waals surface area contributed by atoms with E-state index in [4.69, 9.17) is 10.9 Å². The number of amides is 3. The van der Waals surface area contributed by atoms with E-state index in [9.17, 15) is 14.4 Å². The number of benzene rings is 2. The van der Waals surface area contributed by atoms with Gasteiger partial charge >= 0.3 is 0 Å². The molecule has 1 unspecified atom stereocenters. The Kier molecular flexibility index (Phi) is 7.75. The van der Waals surface area contributed by atoms with Crippen molar-refractivity contribution < 1.29 is 19.6 Å². The Morgan fingerprint density at radius 1 is 1.10 bits per heavy atom. The monoisotopic (exact) mass is 395 g/mol. The molecule has 2 aromatic carbocycles. The Balaban J connectivity index is 2.17. The van der Waals surface area contributed by atoms with Crippen LogP contribution in [0.2, 0.25) is 0 Å². The Hall–Kier alpha value is -3.37. The lowest BCUT2D eigenvalue weighted by Gasteiger charge is -2.19. The second-order valence-corrected chi connectivity index (χ2v) is 7.24. The van der Waals surface area contributed by atoms with Gasteiger partial charge < -0.3 is 11.1 Å². The van der Waals surface area contributed by atoms with Crippen molar-refractivity contribution >= 4 is 28.5 Å². The molecule has 0 fully saturated rings. The molecule has 0 spiro atoms. The quantitative estimate of drug-likeness (QED) is 0.324. The van der Waals surface area contributed by atoms with Gasteiger partial charge in [0.1, 0.15) is 0 Å². The lowest BCUT2D eigenvalue weighted by atomic mass is 9.92. The molecule has 0 saturated carbocycles. The SMILES string of the molecule is CC(C)CC(CC(=O)NO)C(=O)N[C@@H](C#Cc1ccc2ccccc2c1)C(N)=O. The lowest BCUT2D eigenvalue weighted by molar-refractivity contribution is -0.135. The molecule has 2 rings (SSSR count). The van der Waals surface area contributed by atoms with Gasteiger partial charge in [0.15, 0.2) is 6.04 Å². The maximum atomic E-state index is 12.6. The van der Waals surface area contributed by atoms with Gasteiger partial charge in [-0.15, -0.1) is 0 Å². The molecule has 0 aliphatic heterocycles. The molecule has 3 amide bonds. The molecule has 0 bridgehead atoms. The van der Waals surface area contributed by atoms with Gasteiger partial charge in [0.25, 0.3) is 5.91 Å². The Labute approximate surface area is 169 Å². The first-order valence-corrected chi connectivity index (χ1v) is 9.33. The van der Waals surface area contributed by atoms with Crippen LogP contribution in [-0.2, 0) is 14.4 Å². The zero-order chi connectivity index (χ0) is 21.4. The van der Waals surface area contributed by atoms with Crippen molar-refractivity contribution in [1.29, 1.82) is 0 Å². The van der Waals surface area contributed by atoms with Gasteiger partial charge in [0.2, 0.25) is 11.8 Å². The number of hydrogen-bond acceptors (Lipinski definition) is 4. The van der Waals surface area contributed by atoms with Crippen LogP contribution in [0, 0.1) is 23.7 Å². The number of nitrogens with two attached hydrogens (primary N) is 1. The molecule has 0 aromatic heterocycles. The first kappa shape index (κ1) is 21.9. The average molecular weight is 395 g/mol. The molecule has 2 aromatic rings. The van der Waals surface area contributed by atoms with Crippen LogP contribution >= 0.6 is 0 Å². The average Bonchev–Trinajstić information content (AvgIpc) is 2.69. The van der Waals surface area contributed by atoms with E-state index in [2.05, 4.69) is 17.2 Å². The van der Waals surface area contributed by atoms with Crippen LogP contribution in [0.15, 0.2) is 42.5 Å². The van der Waals surface area contributed by atoms with Crippen LogP contribution in [0.3, 0.4) is 0 Å². The van der Waals surface area contributed by atoms with Crippen molar-refractivity contribution in [3.05, 3.63) is 48.0 Å². The first-order chi connectivity index (χ1) is 13.8. The summed E-state index contributed by atoms with van der Waals surface area (Å²) in [5.74, 6) is 3.00. The minimum absolute atomic E-state index is 0.132. The second-order valence-electron chi connectivity index (χ2n) is 7.24. The van der Waals surface area contributed by atoms with E-state index < -0.39 is 29.7 Å². The second kappa shape index (κ2) is 10.2. The zero-order valence-electron chi connectivity index (χ0n) is 16.4. The van der Waals surface area contributed by atoms with Crippen molar-refractivity contribution in [1.82, 2.24) is 10.8 Å². The summed E-state index contributed by atoms with van der Waals surface area (Å²) in [5, 5.41) is 13.3. The fourth-order valence-electron chi connectivity index (χ4n) is 2.98. The van der Waals surface area contributed by atoms with Gasteiger partial charge in [0, 0.05) is 17.9 Å². The summed E-state index contributed by atoms with van der Waals surface area (Å²) in [6.07, 6.45) is 0.201. The molecule has 152 valence electrons. The normalized spacial score (nSPS) is 12.6. The molecule has 2 atom stereocenters. The maximum Gasteiger partial charge on any atom is 0.252 e. The van der Waals surface area contributed by atoms with E-state index in [0.29, 0.717) is 12.0 Å². The van der Waals surface area contributed by atoms with Crippen LogP contribution in [0.4, 0.5) is 0 Å². The molecule has 0 radical (unpaired) electrons. The number of nitrogens with one attached hydrogen (secondary N) is 2. The largest absolute Gasteiger partial charge is 0.367 e. The molecule has 0 aliphatic rings. The number of hydroxylamine groups is 1. The summed E-state index contributed by atoms with van der Waals surface area (Å²) in [5.41, 5.74) is 7.60. The zero-order valence-corrected chi connectivity index (χ0v) is 16.4. The van der Waals surface area contributed by atoms with Gasteiger partial charge in [0.05, 0.1) is 0 Å². The number of hydrogen-bond donors (Lipinski definition) is 4. The molecule has 29 heavy (non-hydrogen) atoms. The van der Waals surface area contributed by atoms with Crippen LogP contribution < -0.4 is 16.5 Å².